The predicted octanol–water partition coefficient (Wildman–Crippen LogP) is 2.89. The van der Waals surface area contributed by atoms with Crippen molar-refractivity contribution in [1.82, 2.24) is 10.4 Å². The van der Waals surface area contributed by atoms with Crippen molar-refractivity contribution in [2.75, 3.05) is 0 Å². The van der Waals surface area contributed by atoms with Crippen LogP contribution in [0.4, 0.5) is 0 Å². The van der Waals surface area contributed by atoms with Crippen LogP contribution in [0.1, 0.15) is 17.2 Å². The van der Waals surface area contributed by atoms with Crippen molar-refractivity contribution < 1.29 is 0 Å². The molecule has 1 aromatic heterocycles. The molecule has 1 aromatic carbocycles. The number of aromatic nitrogens is 1. The number of nitrogens with zero attached hydrogens (tertiary/aromatic N) is 1. The van der Waals surface area contributed by atoms with Crippen LogP contribution in [0, 0.1) is 3.57 Å². The first-order valence-electron chi connectivity index (χ1n) is 5.03. The molecule has 1 unspecified atom stereocenters. The van der Waals surface area contributed by atoms with Gasteiger partial charge in [-0.25, -0.2) is 5.43 Å². The minimum Gasteiger partial charge on any atom is -0.271 e. The maximum atomic E-state index is 6.02. The van der Waals surface area contributed by atoms with Crippen LogP contribution in [0.3, 0.4) is 0 Å². The second kappa shape index (κ2) is 5.77. The molecule has 0 aliphatic heterocycles. The van der Waals surface area contributed by atoms with Gasteiger partial charge in [-0.3, -0.25) is 10.8 Å². The Balaban J connectivity index is 2.46. The molecular formula is C12H11ClIN3. The number of pyridine rings is 1. The van der Waals surface area contributed by atoms with Crippen molar-refractivity contribution in [3.8, 4) is 0 Å². The summed E-state index contributed by atoms with van der Waals surface area (Å²) in [7, 11) is 0. The Morgan fingerprint density at radius 1 is 1.35 bits per heavy atom. The summed E-state index contributed by atoms with van der Waals surface area (Å²) in [6, 6.07) is 9.52. The van der Waals surface area contributed by atoms with Crippen LogP contribution in [0.2, 0.25) is 5.02 Å². The van der Waals surface area contributed by atoms with Crippen LogP contribution in [0.15, 0.2) is 42.7 Å². The van der Waals surface area contributed by atoms with Crippen LogP contribution >= 0.6 is 34.2 Å². The third-order valence-corrected chi connectivity index (χ3v) is 3.67. The van der Waals surface area contributed by atoms with Gasteiger partial charge in [0.1, 0.15) is 0 Å². The molecule has 0 spiro atoms. The van der Waals surface area contributed by atoms with Crippen molar-refractivity contribution in [3.05, 3.63) is 62.4 Å². The van der Waals surface area contributed by atoms with E-state index < -0.39 is 0 Å². The fourth-order valence-electron chi connectivity index (χ4n) is 1.65. The number of halogens is 2. The van der Waals surface area contributed by atoms with Crippen LogP contribution in [0.5, 0.6) is 0 Å². The summed E-state index contributed by atoms with van der Waals surface area (Å²) in [6.07, 6.45) is 3.53. The van der Waals surface area contributed by atoms with Crippen LogP contribution in [0.25, 0.3) is 0 Å². The minimum absolute atomic E-state index is 0.103. The lowest BCUT2D eigenvalue weighted by molar-refractivity contribution is 0.632. The maximum absolute atomic E-state index is 6.02. The third-order valence-electron chi connectivity index (χ3n) is 2.45. The van der Waals surface area contributed by atoms with E-state index >= 15 is 0 Å². The molecule has 88 valence electrons. The first kappa shape index (κ1) is 12.8. The van der Waals surface area contributed by atoms with Gasteiger partial charge in [0.05, 0.1) is 6.04 Å². The van der Waals surface area contributed by atoms with E-state index in [1.54, 1.807) is 12.4 Å². The van der Waals surface area contributed by atoms with Gasteiger partial charge in [-0.15, -0.1) is 0 Å². The molecule has 0 saturated heterocycles. The molecule has 0 radical (unpaired) electrons. The van der Waals surface area contributed by atoms with E-state index in [1.807, 2.05) is 30.3 Å². The average molecular weight is 360 g/mol. The quantitative estimate of drug-likeness (QED) is 0.503. The summed E-state index contributed by atoms with van der Waals surface area (Å²) in [5, 5.41) is 0.699. The molecule has 0 saturated carbocycles. The van der Waals surface area contributed by atoms with Gasteiger partial charge in [-0.1, -0.05) is 17.7 Å². The molecule has 0 bridgehead atoms. The van der Waals surface area contributed by atoms with E-state index in [4.69, 9.17) is 17.4 Å². The van der Waals surface area contributed by atoms with Gasteiger partial charge in [-0.2, -0.15) is 0 Å². The van der Waals surface area contributed by atoms with E-state index in [0.29, 0.717) is 5.02 Å². The molecule has 17 heavy (non-hydrogen) atoms. The van der Waals surface area contributed by atoms with Gasteiger partial charge in [0.2, 0.25) is 0 Å². The van der Waals surface area contributed by atoms with Crippen LogP contribution in [-0.4, -0.2) is 4.98 Å². The van der Waals surface area contributed by atoms with Gasteiger partial charge < -0.3 is 0 Å². The van der Waals surface area contributed by atoms with Gasteiger partial charge in [0.25, 0.3) is 0 Å². The van der Waals surface area contributed by atoms with E-state index in [-0.39, 0.29) is 6.04 Å². The van der Waals surface area contributed by atoms with Gasteiger partial charge in [0.15, 0.2) is 0 Å². The number of nitrogens with two attached hydrogens (primary N) is 1. The Morgan fingerprint density at radius 3 is 2.82 bits per heavy atom. The third kappa shape index (κ3) is 2.95. The summed E-state index contributed by atoms with van der Waals surface area (Å²) in [5.74, 6) is 5.63. The fourth-order valence-corrected chi connectivity index (χ4v) is 2.48. The standard InChI is InChI=1S/C12H11ClIN3/c13-9-3-4-11(14)10(6-9)12(17-15)8-2-1-5-16-7-8/h1-7,12,17H,15H2. The lowest BCUT2D eigenvalue weighted by atomic mass is 10.0. The Hall–Kier alpha value is -0.690. The van der Waals surface area contributed by atoms with Crippen molar-refractivity contribution in [2.45, 2.75) is 6.04 Å². The average Bonchev–Trinajstić information content (AvgIpc) is 2.36. The molecule has 3 nitrogen and oxygen atoms in total. The second-order valence-electron chi connectivity index (χ2n) is 3.55. The fraction of sp³-hybridized carbons (Fsp3) is 0.0833. The number of hydrogen-bond acceptors (Lipinski definition) is 3. The normalized spacial score (nSPS) is 12.4. The zero-order chi connectivity index (χ0) is 12.3. The summed E-state index contributed by atoms with van der Waals surface area (Å²) < 4.78 is 1.11. The van der Waals surface area contributed by atoms with Gasteiger partial charge in [-0.05, 0) is 58.0 Å². The van der Waals surface area contributed by atoms with Gasteiger partial charge >= 0.3 is 0 Å². The van der Waals surface area contributed by atoms with Crippen molar-refractivity contribution in [1.29, 1.82) is 0 Å². The number of hydrogen-bond donors (Lipinski definition) is 2. The van der Waals surface area contributed by atoms with E-state index in [9.17, 15) is 0 Å². The summed E-state index contributed by atoms with van der Waals surface area (Å²) in [4.78, 5) is 4.10. The Morgan fingerprint density at radius 2 is 2.18 bits per heavy atom. The SMILES string of the molecule is NNC(c1cccnc1)c1cc(Cl)ccc1I. The molecule has 0 aliphatic carbocycles. The highest BCUT2D eigenvalue weighted by atomic mass is 127. The summed E-state index contributed by atoms with van der Waals surface area (Å²) in [6.45, 7) is 0. The highest BCUT2D eigenvalue weighted by Crippen LogP contribution is 2.27. The molecule has 2 aromatic rings. The number of benzene rings is 1. The molecule has 1 atom stereocenters. The first-order valence-corrected chi connectivity index (χ1v) is 6.49. The number of rotatable bonds is 3. The molecule has 2 rings (SSSR count). The first-order chi connectivity index (χ1) is 8.22. The summed E-state index contributed by atoms with van der Waals surface area (Å²) >= 11 is 8.29. The topological polar surface area (TPSA) is 50.9 Å². The molecule has 5 heteroatoms. The number of nitrogens with one attached hydrogen (secondary N) is 1. The van der Waals surface area contributed by atoms with E-state index in [2.05, 4.69) is 33.0 Å². The lowest BCUT2D eigenvalue weighted by Crippen LogP contribution is -2.29. The summed E-state index contributed by atoms with van der Waals surface area (Å²) in [5.41, 5.74) is 4.86. The van der Waals surface area contributed by atoms with Crippen molar-refractivity contribution in [2.24, 2.45) is 5.84 Å². The van der Waals surface area contributed by atoms with Crippen molar-refractivity contribution in [3.63, 3.8) is 0 Å². The zero-order valence-corrected chi connectivity index (χ0v) is 11.8. The lowest BCUT2D eigenvalue weighted by Gasteiger charge is -2.18. The highest BCUT2D eigenvalue weighted by molar-refractivity contribution is 14.1. The Kier molecular flexibility index (Phi) is 4.33. The monoisotopic (exact) mass is 359 g/mol. The molecule has 0 amide bonds. The van der Waals surface area contributed by atoms with Crippen molar-refractivity contribution >= 4 is 34.2 Å². The number of hydrazine groups is 1. The Bertz CT molecular complexity index is 504. The van der Waals surface area contributed by atoms with Crippen LogP contribution < -0.4 is 11.3 Å². The molecule has 0 aliphatic rings. The minimum atomic E-state index is -0.103. The van der Waals surface area contributed by atoms with E-state index in [0.717, 1.165) is 14.7 Å². The predicted molar refractivity (Wildman–Crippen MR) is 77.6 cm³/mol. The molecular weight excluding hydrogens is 349 g/mol. The highest BCUT2D eigenvalue weighted by Gasteiger charge is 2.15. The molecule has 0 fully saturated rings. The largest absolute Gasteiger partial charge is 0.271 e. The van der Waals surface area contributed by atoms with Crippen LogP contribution in [-0.2, 0) is 0 Å². The molecule has 1 heterocycles. The Labute approximate surface area is 118 Å². The maximum Gasteiger partial charge on any atom is 0.0735 e. The van der Waals surface area contributed by atoms with Gasteiger partial charge in [0, 0.05) is 21.0 Å². The zero-order valence-electron chi connectivity index (χ0n) is 8.90. The second-order valence-corrected chi connectivity index (χ2v) is 5.15. The van der Waals surface area contributed by atoms with E-state index in [1.165, 1.54) is 0 Å². The smallest absolute Gasteiger partial charge is 0.0735 e. The molecule has 3 N–H and O–H groups in total.